The lowest BCUT2D eigenvalue weighted by Crippen LogP contribution is -2.21. The Balaban J connectivity index is 2.01. The minimum absolute atomic E-state index is 0.160. The third kappa shape index (κ3) is 2.36. The van der Waals surface area contributed by atoms with Gasteiger partial charge in [-0.15, -0.1) is 0 Å². The molecule has 0 saturated heterocycles. The third-order valence-electron chi connectivity index (χ3n) is 5.06. The quantitative estimate of drug-likeness (QED) is 0.792. The molecule has 1 atom stereocenters. The number of rotatable bonds is 2. The van der Waals surface area contributed by atoms with E-state index in [2.05, 4.69) is 6.07 Å². The smallest absolute Gasteiger partial charge is 0.166 e. The van der Waals surface area contributed by atoms with Crippen molar-refractivity contribution in [1.82, 2.24) is 0 Å². The van der Waals surface area contributed by atoms with Gasteiger partial charge in [0, 0.05) is 11.5 Å². The molecule has 0 N–H and O–H groups in total. The summed E-state index contributed by atoms with van der Waals surface area (Å²) in [5.41, 5.74) is 3.49. The molecule has 1 fully saturated rings. The summed E-state index contributed by atoms with van der Waals surface area (Å²) in [7, 11) is 1.73. The minimum atomic E-state index is 0.160. The molecule has 108 valence electrons. The Kier molecular flexibility index (Phi) is 3.82. The van der Waals surface area contributed by atoms with Crippen LogP contribution in [0, 0.1) is 5.92 Å². The highest BCUT2D eigenvalue weighted by molar-refractivity contribution is 6.00. The molecule has 1 aromatic rings. The average Bonchev–Trinajstić information content (AvgIpc) is 2.51. The second-order valence-electron chi connectivity index (χ2n) is 6.39. The van der Waals surface area contributed by atoms with Gasteiger partial charge >= 0.3 is 0 Å². The number of ketones is 1. The normalized spacial score (nSPS) is 23.5. The van der Waals surface area contributed by atoms with E-state index in [1.54, 1.807) is 7.11 Å². The number of ether oxygens (including phenoxy) is 1. The topological polar surface area (TPSA) is 26.3 Å². The number of benzene rings is 1. The molecule has 2 aliphatic rings. The predicted octanol–water partition coefficient (Wildman–Crippen LogP) is 4.51. The van der Waals surface area contributed by atoms with E-state index < -0.39 is 0 Å². The van der Waals surface area contributed by atoms with Gasteiger partial charge in [-0.2, -0.15) is 0 Å². The van der Waals surface area contributed by atoms with Crippen molar-refractivity contribution in [3.63, 3.8) is 0 Å². The highest BCUT2D eigenvalue weighted by Crippen LogP contribution is 2.40. The van der Waals surface area contributed by atoms with E-state index in [9.17, 15) is 4.79 Å². The fraction of sp³-hybridized carbons (Fsp3) is 0.611. The first-order chi connectivity index (χ1) is 9.70. The molecular weight excluding hydrogens is 248 g/mol. The standard InChI is InChI=1S/C18H24O2/c1-12-8-9-14-10-15(13-6-4-3-5-7-13)17(20-2)11-16(14)18(12)19/h10-13H,3-9H2,1-2H3. The van der Waals surface area contributed by atoms with Gasteiger partial charge in [0.2, 0.25) is 0 Å². The molecular formula is C18H24O2. The first-order valence-electron chi connectivity index (χ1n) is 7.95. The monoisotopic (exact) mass is 272 g/mol. The third-order valence-corrected chi connectivity index (χ3v) is 5.06. The van der Waals surface area contributed by atoms with Crippen molar-refractivity contribution in [1.29, 1.82) is 0 Å². The Morgan fingerprint density at radius 1 is 1.10 bits per heavy atom. The number of aryl methyl sites for hydroxylation is 1. The summed E-state index contributed by atoms with van der Waals surface area (Å²) < 4.78 is 5.60. The van der Waals surface area contributed by atoms with Crippen molar-refractivity contribution >= 4 is 5.78 Å². The lowest BCUT2D eigenvalue weighted by Gasteiger charge is -2.27. The van der Waals surface area contributed by atoms with Crippen LogP contribution >= 0.6 is 0 Å². The van der Waals surface area contributed by atoms with Crippen LogP contribution in [0.25, 0.3) is 0 Å². The molecule has 0 radical (unpaired) electrons. The highest BCUT2D eigenvalue weighted by Gasteiger charge is 2.27. The number of fused-ring (bicyclic) bond motifs is 1. The van der Waals surface area contributed by atoms with Gasteiger partial charge in [0.15, 0.2) is 5.78 Å². The Labute approximate surface area is 121 Å². The van der Waals surface area contributed by atoms with Crippen LogP contribution in [-0.4, -0.2) is 12.9 Å². The van der Waals surface area contributed by atoms with Gasteiger partial charge in [-0.3, -0.25) is 4.79 Å². The first-order valence-corrected chi connectivity index (χ1v) is 7.95. The Morgan fingerprint density at radius 3 is 2.55 bits per heavy atom. The van der Waals surface area contributed by atoms with E-state index in [1.165, 1.54) is 43.2 Å². The Hall–Kier alpha value is -1.31. The Bertz CT molecular complexity index is 512. The average molecular weight is 272 g/mol. The second kappa shape index (κ2) is 5.59. The maximum Gasteiger partial charge on any atom is 0.166 e. The predicted molar refractivity (Wildman–Crippen MR) is 80.6 cm³/mol. The zero-order valence-corrected chi connectivity index (χ0v) is 12.6. The molecule has 1 unspecified atom stereocenters. The van der Waals surface area contributed by atoms with Gasteiger partial charge in [0.1, 0.15) is 5.75 Å². The van der Waals surface area contributed by atoms with Gasteiger partial charge in [-0.05, 0) is 48.8 Å². The number of Topliss-reactive ketones (excluding diaryl/α,β-unsaturated/α-hetero) is 1. The molecule has 20 heavy (non-hydrogen) atoms. The summed E-state index contributed by atoms with van der Waals surface area (Å²) in [6.45, 7) is 2.03. The van der Waals surface area contributed by atoms with Crippen molar-refractivity contribution < 1.29 is 9.53 Å². The molecule has 1 saturated carbocycles. The van der Waals surface area contributed by atoms with Gasteiger partial charge < -0.3 is 4.74 Å². The Morgan fingerprint density at radius 2 is 1.85 bits per heavy atom. The van der Waals surface area contributed by atoms with Crippen molar-refractivity contribution in [2.45, 2.75) is 57.8 Å². The SMILES string of the molecule is COc1cc2c(cc1C1CCCCC1)CCC(C)C2=O. The maximum atomic E-state index is 12.3. The maximum absolute atomic E-state index is 12.3. The van der Waals surface area contributed by atoms with E-state index in [1.807, 2.05) is 13.0 Å². The van der Waals surface area contributed by atoms with Crippen LogP contribution in [0.15, 0.2) is 12.1 Å². The van der Waals surface area contributed by atoms with Crippen LogP contribution < -0.4 is 4.74 Å². The molecule has 0 aliphatic heterocycles. The summed E-state index contributed by atoms with van der Waals surface area (Å²) in [5.74, 6) is 2.00. The fourth-order valence-corrected chi connectivity index (χ4v) is 3.76. The summed E-state index contributed by atoms with van der Waals surface area (Å²) >= 11 is 0. The molecule has 3 rings (SSSR count). The molecule has 2 heteroatoms. The lowest BCUT2D eigenvalue weighted by atomic mass is 9.78. The number of hydrogen-bond acceptors (Lipinski definition) is 2. The van der Waals surface area contributed by atoms with Crippen LogP contribution in [-0.2, 0) is 6.42 Å². The summed E-state index contributed by atoms with van der Waals surface area (Å²) in [5, 5.41) is 0. The lowest BCUT2D eigenvalue weighted by molar-refractivity contribution is 0.0913. The van der Waals surface area contributed by atoms with E-state index in [0.717, 1.165) is 24.2 Å². The number of hydrogen-bond donors (Lipinski definition) is 0. The summed E-state index contributed by atoms with van der Waals surface area (Å²) in [4.78, 5) is 12.3. The van der Waals surface area contributed by atoms with Crippen molar-refractivity contribution in [2.24, 2.45) is 5.92 Å². The molecule has 1 aromatic carbocycles. The van der Waals surface area contributed by atoms with E-state index in [-0.39, 0.29) is 5.92 Å². The number of methoxy groups -OCH3 is 1. The second-order valence-corrected chi connectivity index (χ2v) is 6.39. The zero-order valence-electron chi connectivity index (χ0n) is 12.6. The van der Waals surface area contributed by atoms with Crippen LogP contribution in [0.1, 0.15) is 72.9 Å². The molecule has 2 aliphatic carbocycles. The molecule has 0 bridgehead atoms. The summed E-state index contributed by atoms with van der Waals surface area (Å²) in [6.07, 6.45) is 8.55. The molecule has 0 amide bonds. The molecule has 0 aromatic heterocycles. The van der Waals surface area contributed by atoms with Gasteiger partial charge in [-0.1, -0.05) is 32.3 Å². The molecule has 0 spiro atoms. The first kappa shape index (κ1) is 13.7. The van der Waals surface area contributed by atoms with Crippen LogP contribution in [0.4, 0.5) is 0 Å². The van der Waals surface area contributed by atoms with Crippen LogP contribution in [0.2, 0.25) is 0 Å². The number of carbonyl (C=O) groups is 1. The van der Waals surface area contributed by atoms with Crippen molar-refractivity contribution in [3.8, 4) is 5.75 Å². The van der Waals surface area contributed by atoms with Gasteiger partial charge in [0.25, 0.3) is 0 Å². The van der Waals surface area contributed by atoms with Gasteiger partial charge in [0.05, 0.1) is 7.11 Å². The van der Waals surface area contributed by atoms with Gasteiger partial charge in [-0.25, -0.2) is 0 Å². The zero-order chi connectivity index (χ0) is 14.1. The van der Waals surface area contributed by atoms with E-state index >= 15 is 0 Å². The largest absolute Gasteiger partial charge is 0.496 e. The molecule has 0 heterocycles. The van der Waals surface area contributed by atoms with Crippen LogP contribution in [0.5, 0.6) is 5.75 Å². The summed E-state index contributed by atoms with van der Waals surface area (Å²) in [6, 6.07) is 4.28. The highest BCUT2D eigenvalue weighted by atomic mass is 16.5. The van der Waals surface area contributed by atoms with Crippen molar-refractivity contribution in [2.75, 3.05) is 7.11 Å². The van der Waals surface area contributed by atoms with E-state index in [0.29, 0.717) is 11.7 Å². The van der Waals surface area contributed by atoms with Crippen LogP contribution in [0.3, 0.4) is 0 Å². The van der Waals surface area contributed by atoms with E-state index in [4.69, 9.17) is 4.74 Å². The fourth-order valence-electron chi connectivity index (χ4n) is 3.76. The minimum Gasteiger partial charge on any atom is -0.496 e. The molecule has 2 nitrogen and oxygen atoms in total. The number of carbonyl (C=O) groups excluding carboxylic acids is 1. The van der Waals surface area contributed by atoms with Crippen molar-refractivity contribution in [3.05, 3.63) is 28.8 Å².